The third kappa shape index (κ3) is 2.93. The molecule has 3 fully saturated rings. The molecule has 0 N–H and O–H groups in total. The summed E-state index contributed by atoms with van der Waals surface area (Å²) in [7, 11) is 1.67. The van der Waals surface area contributed by atoms with Gasteiger partial charge in [0.1, 0.15) is 0 Å². The Morgan fingerprint density at radius 3 is 2.62 bits per heavy atom. The highest BCUT2D eigenvalue weighted by Gasteiger charge is 2.47. The summed E-state index contributed by atoms with van der Waals surface area (Å²) in [5.74, 6) is 1.45. The maximum Gasteiger partial charge on any atom is 0.225 e. The number of carbonyl (C=O) groups excluding carboxylic acids is 2. The van der Waals surface area contributed by atoms with Crippen LogP contribution in [0, 0.1) is 17.3 Å². The topological polar surface area (TPSA) is 49.9 Å². The summed E-state index contributed by atoms with van der Waals surface area (Å²) in [5, 5.41) is 0. The zero-order chi connectivity index (χ0) is 15.0. The van der Waals surface area contributed by atoms with Crippen molar-refractivity contribution in [3.63, 3.8) is 0 Å². The van der Waals surface area contributed by atoms with Crippen molar-refractivity contribution in [2.24, 2.45) is 17.3 Å². The fourth-order valence-electron chi connectivity index (χ4n) is 3.82. The third-order valence-corrected chi connectivity index (χ3v) is 5.53. The quantitative estimate of drug-likeness (QED) is 0.781. The number of likely N-dealkylation sites (tertiary alicyclic amines) is 2. The Morgan fingerprint density at radius 2 is 2.05 bits per heavy atom. The van der Waals surface area contributed by atoms with Gasteiger partial charge in [-0.3, -0.25) is 9.59 Å². The molecule has 2 unspecified atom stereocenters. The average molecular weight is 294 g/mol. The number of piperidine rings is 1. The van der Waals surface area contributed by atoms with E-state index in [0.717, 1.165) is 38.9 Å². The monoisotopic (exact) mass is 294 g/mol. The number of hydrogen-bond acceptors (Lipinski definition) is 3. The lowest BCUT2D eigenvalue weighted by Gasteiger charge is -2.39. The van der Waals surface area contributed by atoms with E-state index in [1.807, 2.05) is 9.80 Å². The van der Waals surface area contributed by atoms with Crippen LogP contribution in [0.3, 0.4) is 0 Å². The molecule has 0 aromatic carbocycles. The molecular formula is C16H26N2O3. The Kier molecular flexibility index (Phi) is 3.95. The summed E-state index contributed by atoms with van der Waals surface area (Å²) in [5.41, 5.74) is 0.108. The minimum absolute atomic E-state index is 0.108. The van der Waals surface area contributed by atoms with Crippen LogP contribution in [-0.4, -0.2) is 61.5 Å². The van der Waals surface area contributed by atoms with Gasteiger partial charge in [-0.05, 0) is 25.2 Å². The van der Waals surface area contributed by atoms with Crippen molar-refractivity contribution in [3.05, 3.63) is 0 Å². The SMILES string of the molecule is COCCN1CC2(CCN(C(=O)C3CC3C)CC2)CC1=O. The van der Waals surface area contributed by atoms with Crippen LogP contribution in [-0.2, 0) is 14.3 Å². The van der Waals surface area contributed by atoms with Gasteiger partial charge in [-0.2, -0.15) is 0 Å². The number of nitrogens with zero attached hydrogens (tertiary/aromatic N) is 2. The second-order valence-electron chi connectivity index (χ2n) is 7.13. The largest absolute Gasteiger partial charge is 0.383 e. The van der Waals surface area contributed by atoms with E-state index in [-0.39, 0.29) is 17.2 Å². The molecule has 0 aromatic heterocycles. The highest BCUT2D eigenvalue weighted by atomic mass is 16.5. The Balaban J connectivity index is 1.53. The fraction of sp³-hybridized carbons (Fsp3) is 0.875. The van der Waals surface area contributed by atoms with Gasteiger partial charge < -0.3 is 14.5 Å². The van der Waals surface area contributed by atoms with Gasteiger partial charge in [-0.25, -0.2) is 0 Å². The second-order valence-corrected chi connectivity index (χ2v) is 7.13. The van der Waals surface area contributed by atoms with E-state index >= 15 is 0 Å². The lowest BCUT2D eigenvalue weighted by Crippen LogP contribution is -2.45. The molecule has 3 rings (SSSR count). The Labute approximate surface area is 126 Å². The van der Waals surface area contributed by atoms with Crippen molar-refractivity contribution in [2.45, 2.75) is 32.6 Å². The predicted octanol–water partition coefficient (Wildman–Crippen LogP) is 1.13. The molecule has 1 aliphatic carbocycles. The highest BCUT2D eigenvalue weighted by molar-refractivity contribution is 5.82. The third-order valence-electron chi connectivity index (χ3n) is 5.53. The number of methoxy groups -OCH3 is 1. The van der Waals surface area contributed by atoms with E-state index in [0.29, 0.717) is 31.4 Å². The fourth-order valence-corrected chi connectivity index (χ4v) is 3.82. The lowest BCUT2D eigenvalue weighted by molar-refractivity contribution is -0.135. The van der Waals surface area contributed by atoms with E-state index in [9.17, 15) is 9.59 Å². The molecule has 1 saturated carbocycles. The summed E-state index contributed by atoms with van der Waals surface area (Å²) in [6.07, 6.45) is 3.65. The van der Waals surface area contributed by atoms with Gasteiger partial charge in [-0.15, -0.1) is 0 Å². The van der Waals surface area contributed by atoms with E-state index in [1.54, 1.807) is 7.11 Å². The molecule has 2 aliphatic heterocycles. The molecule has 2 atom stereocenters. The molecule has 5 heteroatoms. The first-order chi connectivity index (χ1) is 10.0. The zero-order valence-corrected chi connectivity index (χ0v) is 13.1. The number of rotatable bonds is 4. The number of amides is 2. The molecule has 2 saturated heterocycles. The first-order valence-corrected chi connectivity index (χ1v) is 8.10. The van der Waals surface area contributed by atoms with Gasteiger partial charge in [0.15, 0.2) is 0 Å². The molecule has 2 amide bonds. The molecule has 3 aliphatic rings. The van der Waals surface area contributed by atoms with Crippen molar-refractivity contribution in [2.75, 3.05) is 39.9 Å². The minimum Gasteiger partial charge on any atom is -0.383 e. The molecule has 118 valence electrons. The molecule has 0 aromatic rings. The van der Waals surface area contributed by atoms with Crippen LogP contribution in [0.4, 0.5) is 0 Å². The van der Waals surface area contributed by atoms with Crippen LogP contribution >= 0.6 is 0 Å². The van der Waals surface area contributed by atoms with E-state index in [4.69, 9.17) is 4.74 Å². The maximum atomic E-state index is 12.3. The number of hydrogen-bond donors (Lipinski definition) is 0. The van der Waals surface area contributed by atoms with E-state index in [2.05, 4.69) is 6.92 Å². The maximum absolute atomic E-state index is 12.3. The van der Waals surface area contributed by atoms with Crippen LogP contribution in [0.1, 0.15) is 32.6 Å². The summed E-state index contributed by atoms with van der Waals surface area (Å²) < 4.78 is 5.07. The van der Waals surface area contributed by atoms with Crippen LogP contribution < -0.4 is 0 Å². The number of ether oxygens (including phenoxy) is 1. The second kappa shape index (κ2) is 5.59. The van der Waals surface area contributed by atoms with Crippen LogP contribution in [0.2, 0.25) is 0 Å². The molecule has 5 nitrogen and oxygen atoms in total. The average Bonchev–Trinajstić information content (AvgIpc) is 3.12. The van der Waals surface area contributed by atoms with E-state index < -0.39 is 0 Å². The predicted molar refractivity (Wildman–Crippen MR) is 78.6 cm³/mol. The molecule has 0 radical (unpaired) electrons. The Hall–Kier alpha value is -1.10. The highest BCUT2D eigenvalue weighted by Crippen LogP contribution is 2.43. The standard InChI is InChI=1S/C16H26N2O3/c1-12-9-13(12)15(20)17-5-3-16(4-6-17)10-14(19)18(11-16)7-8-21-2/h12-13H,3-11H2,1-2H3. The molecule has 1 spiro atoms. The smallest absolute Gasteiger partial charge is 0.225 e. The first kappa shape index (κ1) is 14.8. The van der Waals surface area contributed by atoms with Crippen LogP contribution in [0.15, 0.2) is 0 Å². The van der Waals surface area contributed by atoms with Gasteiger partial charge in [0, 0.05) is 51.0 Å². The Bertz CT molecular complexity index is 429. The van der Waals surface area contributed by atoms with Crippen molar-refractivity contribution < 1.29 is 14.3 Å². The normalized spacial score (nSPS) is 31.0. The van der Waals surface area contributed by atoms with Crippen molar-refractivity contribution in [3.8, 4) is 0 Å². The number of carbonyl (C=O) groups is 2. The molecule has 21 heavy (non-hydrogen) atoms. The van der Waals surface area contributed by atoms with E-state index in [1.165, 1.54) is 0 Å². The van der Waals surface area contributed by atoms with Gasteiger partial charge in [0.2, 0.25) is 11.8 Å². The minimum atomic E-state index is 0.108. The Morgan fingerprint density at radius 1 is 1.38 bits per heavy atom. The van der Waals surface area contributed by atoms with Crippen molar-refractivity contribution in [1.82, 2.24) is 9.80 Å². The summed E-state index contributed by atoms with van der Waals surface area (Å²) >= 11 is 0. The first-order valence-electron chi connectivity index (χ1n) is 8.10. The van der Waals surface area contributed by atoms with Crippen LogP contribution in [0.5, 0.6) is 0 Å². The zero-order valence-electron chi connectivity index (χ0n) is 13.1. The summed E-state index contributed by atoms with van der Waals surface area (Å²) in [6.45, 7) is 5.95. The summed E-state index contributed by atoms with van der Waals surface area (Å²) in [6, 6.07) is 0. The molecule has 0 bridgehead atoms. The van der Waals surface area contributed by atoms with Crippen molar-refractivity contribution >= 4 is 11.8 Å². The van der Waals surface area contributed by atoms with Crippen molar-refractivity contribution in [1.29, 1.82) is 0 Å². The van der Waals surface area contributed by atoms with Gasteiger partial charge in [0.25, 0.3) is 0 Å². The molecule has 2 heterocycles. The summed E-state index contributed by atoms with van der Waals surface area (Å²) in [4.78, 5) is 28.4. The van der Waals surface area contributed by atoms with Gasteiger partial charge in [0.05, 0.1) is 6.61 Å². The molecular weight excluding hydrogens is 268 g/mol. The van der Waals surface area contributed by atoms with Gasteiger partial charge >= 0.3 is 0 Å². The van der Waals surface area contributed by atoms with Crippen LogP contribution in [0.25, 0.3) is 0 Å². The van der Waals surface area contributed by atoms with Gasteiger partial charge in [-0.1, -0.05) is 6.92 Å². The lowest BCUT2D eigenvalue weighted by atomic mass is 9.77.